The summed E-state index contributed by atoms with van der Waals surface area (Å²) < 4.78 is 26.7. The molecule has 0 aliphatic carbocycles. The molecule has 32 heavy (non-hydrogen) atoms. The molecule has 0 radical (unpaired) electrons. The van der Waals surface area contributed by atoms with Crippen LogP contribution in [0.3, 0.4) is 0 Å². The van der Waals surface area contributed by atoms with Gasteiger partial charge in [0.1, 0.15) is 0 Å². The number of benzene rings is 2. The molecule has 0 saturated heterocycles. The Labute approximate surface area is 183 Å². The fraction of sp³-hybridized carbons (Fsp3) is 0.0435. The molecule has 0 bridgehead atoms. The molecular weight excluding hydrogens is 426 g/mol. The molecule has 0 N–H and O–H groups in total. The van der Waals surface area contributed by atoms with Crippen molar-refractivity contribution in [3.05, 3.63) is 95.7 Å². The number of pyridine rings is 1. The molecule has 0 spiro atoms. The van der Waals surface area contributed by atoms with Crippen LogP contribution in [0.25, 0.3) is 33.5 Å². The zero-order valence-corrected chi connectivity index (χ0v) is 17.8. The summed E-state index contributed by atoms with van der Waals surface area (Å²) in [4.78, 5) is 17.1. The highest BCUT2D eigenvalue weighted by atomic mass is 32.2. The maximum absolute atomic E-state index is 12.7. The molecule has 0 atom stereocenters. The molecule has 8 nitrogen and oxygen atoms in total. The third-order valence-electron chi connectivity index (χ3n) is 5.11. The smallest absolute Gasteiger partial charge is 0.209 e. The van der Waals surface area contributed by atoms with E-state index in [1.165, 1.54) is 22.9 Å². The van der Waals surface area contributed by atoms with Gasteiger partial charge in [-0.1, -0.05) is 12.1 Å². The van der Waals surface area contributed by atoms with Gasteiger partial charge in [-0.25, -0.2) is 17.8 Å². The van der Waals surface area contributed by atoms with E-state index in [1.807, 2.05) is 24.3 Å². The van der Waals surface area contributed by atoms with Gasteiger partial charge in [0, 0.05) is 41.7 Å². The van der Waals surface area contributed by atoms with E-state index in [1.54, 1.807) is 47.7 Å². The van der Waals surface area contributed by atoms with Crippen molar-refractivity contribution in [2.24, 2.45) is 0 Å². The number of aromatic nitrogens is 5. The van der Waals surface area contributed by atoms with Crippen molar-refractivity contribution < 1.29 is 8.42 Å². The fourth-order valence-electron chi connectivity index (χ4n) is 3.54. The van der Waals surface area contributed by atoms with Crippen molar-refractivity contribution >= 4 is 20.6 Å². The van der Waals surface area contributed by atoms with Crippen LogP contribution in [0.1, 0.15) is 0 Å². The summed E-state index contributed by atoms with van der Waals surface area (Å²) in [6.45, 7) is 0. The molecule has 5 aromatic rings. The molecule has 0 unspecified atom stereocenters. The molecule has 2 aromatic carbocycles. The van der Waals surface area contributed by atoms with Crippen LogP contribution in [0.5, 0.6) is 0 Å². The zero-order chi connectivity index (χ0) is 22.3. The molecule has 3 aromatic heterocycles. The lowest BCUT2D eigenvalue weighted by Gasteiger charge is -2.11. The molecule has 0 aliphatic heterocycles. The molecule has 0 amide bonds. The average molecular weight is 443 g/mol. The van der Waals surface area contributed by atoms with E-state index in [0.29, 0.717) is 11.4 Å². The third-order valence-corrected chi connectivity index (χ3v) is 6.24. The van der Waals surface area contributed by atoms with Gasteiger partial charge in [0.05, 0.1) is 28.2 Å². The van der Waals surface area contributed by atoms with Gasteiger partial charge in [0.25, 0.3) is 0 Å². The summed E-state index contributed by atoms with van der Waals surface area (Å²) in [6.07, 6.45) is 7.81. The van der Waals surface area contributed by atoms with Gasteiger partial charge in [-0.15, -0.1) is 0 Å². The fourth-order valence-corrected chi connectivity index (χ4v) is 4.17. The van der Waals surface area contributed by atoms with E-state index in [4.69, 9.17) is 0 Å². The predicted octanol–water partition coefficient (Wildman–Crippen LogP) is 3.04. The summed E-state index contributed by atoms with van der Waals surface area (Å²) in [5.41, 5.74) is 1.95. The summed E-state index contributed by atoms with van der Waals surface area (Å²) in [6, 6.07) is 17.2. The maximum atomic E-state index is 12.7. The number of fused-ring (bicyclic) bond motifs is 1. The van der Waals surface area contributed by atoms with Crippen molar-refractivity contribution in [3.8, 4) is 22.8 Å². The van der Waals surface area contributed by atoms with Crippen LogP contribution in [0.4, 0.5) is 0 Å². The van der Waals surface area contributed by atoms with Crippen LogP contribution in [0, 0.1) is 0 Å². The predicted molar refractivity (Wildman–Crippen MR) is 121 cm³/mol. The van der Waals surface area contributed by atoms with Crippen LogP contribution < -0.4 is 5.43 Å². The van der Waals surface area contributed by atoms with E-state index in [9.17, 15) is 13.2 Å². The molecular formula is C23H17N5O3S. The van der Waals surface area contributed by atoms with Crippen LogP contribution in [0.2, 0.25) is 0 Å². The number of rotatable bonds is 4. The van der Waals surface area contributed by atoms with Gasteiger partial charge in [0.2, 0.25) is 5.43 Å². The Morgan fingerprint density at radius 1 is 0.906 bits per heavy atom. The van der Waals surface area contributed by atoms with Crippen LogP contribution in [-0.4, -0.2) is 39.2 Å². The second-order valence-electron chi connectivity index (χ2n) is 7.24. The first-order valence-electron chi connectivity index (χ1n) is 9.70. The van der Waals surface area contributed by atoms with Gasteiger partial charge in [0.15, 0.2) is 15.5 Å². The van der Waals surface area contributed by atoms with Gasteiger partial charge >= 0.3 is 0 Å². The molecule has 0 saturated carbocycles. The van der Waals surface area contributed by atoms with Crippen molar-refractivity contribution in [3.63, 3.8) is 0 Å². The first-order chi connectivity index (χ1) is 15.4. The number of hydrogen-bond acceptors (Lipinski definition) is 6. The van der Waals surface area contributed by atoms with E-state index in [2.05, 4.69) is 15.2 Å². The normalized spacial score (nSPS) is 11.7. The quantitative estimate of drug-likeness (QED) is 0.423. The molecule has 0 aliphatic rings. The van der Waals surface area contributed by atoms with E-state index in [0.717, 1.165) is 22.7 Å². The van der Waals surface area contributed by atoms with Crippen molar-refractivity contribution in [1.82, 2.24) is 24.5 Å². The first-order valence-corrected chi connectivity index (χ1v) is 11.6. The Hall–Kier alpha value is -4.11. The molecule has 5 rings (SSSR count). The summed E-state index contributed by atoms with van der Waals surface area (Å²) >= 11 is 0. The topological polar surface area (TPSA) is 99.7 Å². The van der Waals surface area contributed by atoms with Gasteiger partial charge < -0.3 is 0 Å². The van der Waals surface area contributed by atoms with E-state index in [-0.39, 0.29) is 16.0 Å². The summed E-state index contributed by atoms with van der Waals surface area (Å²) in [5.74, 6) is 0. The lowest BCUT2D eigenvalue weighted by molar-refractivity contribution is 0.602. The number of nitrogens with zero attached hydrogens (tertiary/aromatic N) is 5. The Morgan fingerprint density at radius 3 is 2.50 bits per heavy atom. The Bertz CT molecular complexity index is 1610. The highest BCUT2D eigenvalue weighted by Gasteiger charge is 2.15. The summed E-state index contributed by atoms with van der Waals surface area (Å²) in [5, 5.41) is 10.9. The van der Waals surface area contributed by atoms with Gasteiger partial charge in [-0.05, 0) is 42.5 Å². The monoisotopic (exact) mass is 443 g/mol. The number of hydrogen-bond donors (Lipinski definition) is 0. The molecule has 3 heterocycles. The number of sulfone groups is 1. The highest BCUT2D eigenvalue weighted by molar-refractivity contribution is 7.90. The molecule has 0 fully saturated rings. The first kappa shape index (κ1) is 19.8. The molecule has 158 valence electrons. The maximum Gasteiger partial charge on any atom is 0.209 e. The van der Waals surface area contributed by atoms with Gasteiger partial charge in [-0.2, -0.15) is 10.2 Å². The second kappa shape index (κ2) is 7.54. The molecule has 9 heteroatoms. The van der Waals surface area contributed by atoms with Crippen molar-refractivity contribution in [2.75, 3.05) is 6.26 Å². The van der Waals surface area contributed by atoms with E-state index >= 15 is 0 Å². The largest absolute Gasteiger partial charge is 0.287 e. The summed E-state index contributed by atoms with van der Waals surface area (Å²) in [7, 11) is -3.30. The standard InChI is InChI=1S/C23H17N5O3S/c1-32(30,31)18-7-5-17(6-8-18)27-14-11-22(29)23(26-27)21-10-13-25-28(21)20-4-2-3-16-15-24-12-9-19(16)20/h2-15H,1H3. The average Bonchev–Trinajstić information content (AvgIpc) is 3.28. The third kappa shape index (κ3) is 3.48. The highest BCUT2D eigenvalue weighted by Crippen LogP contribution is 2.25. The minimum atomic E-state index is -3.30. The SMILES string of the molecule is CS(=O)(=O)c1ccc(-n2ccc(=O)c(-c3ccnn3-c3cccc4cnccc34)n2)cc1. The van der Waals surface area contributed by atoms with Crippen molar-refractivity contribution in [1.29, 1.82) is 0 Å². The van der Waals surface area contributed by atoms with Crippen LogP contribution in [-0.2, 0) is 9.84 Å². The Morgan fingerprint density at radius 2 is 1.72 bits per heavy atom. The lowest BCUT2D eigenvalue weighted by Crippen LogP contribution is -2.15. The minimum Gasteiger partial charge on any atom is -0.287 e. The van der Waals surface area contributed by atoms with Crippen LogP contribution >= 0.6 is 0 Å². The van der Waals surface area contributed by atoms with Gasteiger partial charge in [-0.3, -0.25) is 9.78 Å². The lowest BCUT2D eigenvalue weighted by atomic mass is 10.1. The Kier molecular flexibility index (Phi) is 4.67. The van der Waals surface area contributed by atoms with Crippen molar-refractivity contribution in [2.45, 2.75) is 4.90 Å². The Balaban J connectivity index is 1.64. The zero-order valence-electron chi connectivity index (χ0n) is 17.0. The van der Waals surface area contributed by atoms with E-state index < -0.39 is 9.84 Å². The second-order valence-corrected chi connectivity index (χ2v) is 9.26. The van der Waals surface area contributed by atoms with Crippen LogP contribution in [0.15, 0.2) is 95.1 Å². The minimum absolute atomic E-state index is 0.214.